The lowest BCUT2D eigenvalue weighted by atomic mass is 10.5. The number of rotatable bonds is 6. The summed E-state index contributed by atoms with van der Waals surface area (Å²) in [6.07, 6.45) is 4.65. The molecule has 0 saturated carbocycles. The van der Waals surface area contributed by atoms with Crippen LogP contribution in [0.4, 0.5) is 11.9 Å². The van der Waals surface area contributed by atoms with E-state index in [0.29, 0.717) is 18.4 Å². The van der Waals surface area contributed by atoms with E-state index in [1.165, 1.54) is 0 Å². The van der Waals surface area contributed by atoms with Gasteiger partial charge >= 0.3 is 0 Å². The van der Waals surface area contributed by atoms with Gasteiger partial charge in [-0.25, -0.2) is 4.98 Å². The molecule has 2 aromatic heterocycles. The van der Waals surface area contributed by atoms with Crippen molar-refractivity contribution in [2.75, 3.05) is 23.8 Å². The zero-order valence-electron chi connectivity index (χ0n) is 11.8. The minimum absolute atomic E-state index is 0.181. The first-order valence-electron chi connectivity index (χ1n) is 6.43. The van der Waals surface area contributed by atoms with Crippen molar-refractivity contribution >= 4 is 23.5 Å². The normalized spacial score (nSPS) is 10.6. The van der Waals surface area contributed by atoms with Crippen molar-refractivity contribution in [2.24, 2.45) is 7.05 Å². The van der Waals surface area contributed by atoms with Crippen LogP contribution in [-0.4, -0.2) is 38.1 Å². The molecule has 0 aliphatic heterocycles. The average Bonchev–Trinajstić information content (AvgIpc) is 2.81. The van der Waals surface area contributed by atoms with Gasteiger partial charge in [-0.2, -0.15) is 15.0 Å². The van der Waals surface area contributed by atoms with Crippen LogP contribution in [-0.2, 0) is 13.6 Å². The first-order valence-corrected chi connectivity index (χ1v) is 6.80. The van der Waals surface area contributed by atoms with Crippen LogP contribution in [0.2, 0.25) is 5.28 Å². The van der Waals surface area contributed by atoms with Crippen molar-refractivity contribution in [3.63, 3.8) is 0 Å². The molecule has 2 heterocycles. The monoisotopic (exact) mass is 295 g/mol. The fraction of sp³-hybridized carbons (Fsp3) is 0.500. The lowest BCUT2D eigenvalue weighted by Crippen LogP contribution is -2.22. The molecule has 2 aromatic rings. The number of nitrogens with one attached hydrogen (secondary N) is 1. The number of aryl methyl sites for hydroxylation is 1. The Balaban J connectivity index is 2.14. The van der Waals surface area contributed by atoms with Crippen LogP contribution < -0.4 is 10.2 Å². The summed E-state index contributed by atoms with van der Waals surface area (Å²) in [7, 11) is 3.84. The van der Waals surface area contributed by atoms with Gasteiger partial charge in [0.25, 0.3) is 0 Å². The molecule has 20 heavy (non-hydrogen) atoms. The van der Waals surface area contributed by atoms with Crippen molar-refractivity contribution in [3.8, 4) is 0 Å². The maximum atomic E-state index is 5.94. The summed E-state index contributed by atoms with van der Waals surface area (Å²) >= 11 is 5.94. The van der Waals surface area contributed by atoms with Crippen LogP contribution in [0.15, 0.2) is 12.4 Å². The Kier molecular flexibility index (Phi) is 4.73. The van der Waals surface area contributed by atoms with Crippen molar-refractivity contribution in [1.82, 2.24) is 24.5 Å². The Labute approximate surface area is 123 Å². The molecule has 2 rings (SSSR count). The summed E-state index contributed by atoms with van der Waals surface area (Å²) in [6.45, 7) is 3.46. The second kappa shape index (κ2) is 6.51. The molecular weight excluding hydrogens is 278 g/mol. The molecule has 0 unspecified atom stereocenters. The number of aromatic nitrogens is 5. The number of imidazole rings is 1. The van der Waals surface area contributed by atoms with Crippen LogP contribution in [0.5, 0.6) is 0 Å². The Morgan fingerprint density at radius 3 is 2.80 bits per heavy atom. The molecule has 7 nitrogen and oxygen atoms in total. The maximum Gasteiger partial charge on any atom is 0.231 e. The second-order valence-electron chi connectivity index (χ2n) is 4.47. The lowest BCUT2D eigenvalue weighted by molar-refractivity contribution is 0.744. The third-order valence-corrected chi connectivity index (χ3v) is 2.94. The standard InChI is InChI=1S/C12H18ClN7/c1-4-5-15-11-16-10(13)17-12(18-11)20(3)8-9-14-6-7-19(9)2/h6-7H,4-5,8H2,1-3H3,(H,15,16,17,18). The Hall–Kier alpha value is -1.89. The molecule has 0 atom stereocenters. The van der Waals surface area contributed by atoms with Crippen molar-refractivity contribution in [2.45, 2.75) is 19.9 Å². The van der Waals surface area contributed by atoms with Gasteiger partial charge in [0, 0.05) is 33.0 Å². The number of halogens is 1. The van der Waals surface area contributed by atoms with E-state index in [9.17, 15) is 0 Å². The largest absolute Gasteiger partial charge is 0.354 e. The smallest absolute Gasteiger partial charge is 0.231 e. The fourth-order valence-electron chi connectivity index (χ4n) is 1.66. The molecule has 0 aliphatic rings. The van der Waals surface area contributed by atoms with Crippen LogP contribution in [0.1, 0.15) is 19.2 Å². The molecule has 0 radical (unpaired) electrons. The molecule has 0 saturated heterocycles. The average molecular weight is 296 g/mol. The van der Waals surface area contributed by atoms with Gasteiger partial charge in [0.1, 0.15) is 5.82 Å². The van der Waals surface area contributed by atoms with E-state index in [1.54, 1.807) is 6.20 Å². The first-order chi connectivity index (χ1) is 9.60. The molecule has 8 heteroatoms. The van der Waals surface area contributed by atoms with E-state index in [-0.39, 0.29) is 5.28 Å². The summed E-state index contributed by atoms with van der Waals surface area (Å²) in [5.74, 6) is 1.94. The van der Waals surface area contributed by atoms with Gasteiger partial charge in [0.05, 0.1) is 6.54 Å². The summed E-state index contributed by atoms with van der Waals surface area (Å²) < 4.78 is 1.95. The molecule has 1 N–H and O–H groups in total. The first kappa shape index (κ1) is 14.5. The van der Waals surface area contributed by atoms with Crippen LogP contribution >= 0.6 is 11.6 Å². The third-order valence-electron chi connectivity index (χ3n) is 2.77. The van der Waals surface area contributed by atoms with Crippen LogP contribution in [0.25, 0.3) is 0 Å². The molecule has 0 bridgehead atoms. The van der Waals surface area contributed by atoms with Crippen LogP contribution in [0.3, 0.4) is 0 Å². The zero-order chi connectivity index (χ0) is 14.5. The van der Waals surface area contributed by atoms with Gasteiger partial charge in [-0.15, -0.1) is 0 Å². The highest BCUT2D eigenvalue weighted by Gasteiger charge is 2.11. The predicted molar refractivity (Wildman–Crippen MR) is 78.9 cm³/mol. The van der Waals surface area contributed by atoms with Crippen molar-refractivity contribution in [3.05, 3.63) is 23.5 Å². The summed E-state index contributed by atoms with van der Waals surface area (Å²) in [6, 6.07) is 0. The quantitative estimate of drug-likeness (QED) is 0.875. The molecule has 0 aromatic carbocycles. The second-order valence-corrected chi connectivity index (χ2v) is 4.80. The highest BCUT2D eigenvalue weighted by molar-refractivity contribution is 6.28. The third kappa shape index (κ3) is 3.57. The maximum absolute atomic E-state index is 5.94. The van der Waals surface area contributed by atoms with E-state index in [2.05, 4.69) is 32.2 Å². The summed E-state index contributed by atoms with van der Waals surface area (Å²) in [5.41, 5.74) is 0. The van der Waals surface area contributed by atoms with Crippen molar-refractivity contribution in [1.29, 1.82) is 0 Å². The number of anilines is 2. The van der Waals surface area contributed by atoms with E-state index >= 15 is 0 Å². The minimum atomic E-state index is 0.181. The highest BCUT2D eigenvalue weighted by atomic mass is 35.5. The van der Waals surface area contributed by atoms with E-state index < -0.39 is 0 Å². The van der Waals surface area contributed by atoms with E-state index in [1.807, 2.05) is 29.8 Å². The molecular formula is C12H18ClN7. The lowest BCUT2D eigenvalue weighted by Gasteiger charge is -2.17. The van der Waals surface area contributed by atoms with Crippen LogP contribution in [0, 0.1) is 0 Å². The molecule has 108 valence electrons. The summed E-state index contributed by atoms with van der Waals surface area (Å²) in [4.78, 5) is 18.7. The van der Waals surface area contributed by atoms with Gasteiger partial charge in [-0.05, 0) is 18.0 Å². The molecule has 0 aliphatic carbocycles. The number of nitrogens with zero attached hydrogens (tertiary/aromatic N) is 6. The van der Waals surface area contributed by atoms with Gasteiger partial charge in [-0.3, -0.25) is 0 Å². The van der Waals surface area contributed by atoms with Gasteiger partial charge in [0.2, 0.25) is 17.2 Å². The Morgan fingerprint density at radius 2 is 2.15 bits per heavy atom. The Bertz CT molecular complexity index is 569. The van der Waals surface area contributed by atoms with Gasteiger partial charge < -0.3 is 14.8 Å². The number of hydrogen-bond donors (Lipinski definition) is 1. The van der Waals surface area contributed by atoms with Crippen molar-refractivity contribution < 1.29 is 0 Å². The SMILES string of the molecule is CCCNc1nc(Cl)nc(N(C)Cc2nccn2C)n1. The topological polar surface area (TPSA) is 71.8 Å². The fourth-order valence-corrected chi connectivity index (χ4v) is 1.81. The predicted octanol–water partition coefficient (Wildman–Crippen LogP) is 1.72. The van der Waals surface area contributed by atoms with Gasteiger partial charge in [0.15, 0.2) is 0 Å². The summed E-state index contributed by atoms with van der Waals surface area (Å²) in [5, 5.41) is 3.29. The zero-order valence-corrected chi connectivity index (χ0v) is 12.6. The van der Waals surface area contributed by atoms with Gasteiger partial charge in [-0.1, -0.05) is 6.92 Å². The molecule has 0 fully saturated rings. The minimum Gasteiger partial charge on any atom is -0.354 e. The van der Waals surface area contributed by atoms with E-state index in [0.717, 1.165) is 18.8 Å². The van der Waals surface area contributed by atoms with E-state index in [4.69, 9.17) is 11.6 Å². The highest BCUT2D eigenvalue weighted by Crippen LogP contribution is 2.14. The molecule has 0 spiro atoms. The number of hydrogen-bond acceptors (Lipinski definition) is 6. The molecule has 0 amide bonds. The Morgan fingerprint density at radius 1 is 1.35 bits per heavy atom.